The lowest BCUT2D eigenvalue weighted by atomic mass is 10.1. The van der Waals surface area contributed by atoms with Gasteiger partial charge in [-0.3, -0.25) is 19.7 Å². The molecule has 0 spiro atoms. The average Bonchev–Trinajstić information content (AvgIpc) is 2.88. The topological polar surface area (TPSA) is 129 Å². The molecular weight excluding hydrogens is 597 g/mol. The van der Waals surface area contributed by atoms with Gasteiger partial charge in [0, 0.05) is 27.0 Å². The zero-order chi connectivity index (χ0) is 28.3. The van der Waals surface area contributed by atoms with Gasteiger partial charge in [-0.15, -0.1) is 0 Å². The Morgan fingerprint density at radius 3 is 2.72 bits per heavy atom. The number of benzene rings is 3. The molecule has 3 aromatic carbocycles. The first kappa shape index (κ1) is 27.9. The number of ether oxygens (including phenoxy) is 1. The van der Waals surface area contributed by atoms with E-state index < -0.39 is 34.5 Å². The molecule has 0 aliphatic carbocycles. The number of anilines is 1. The molecule has 0 aliphatic heterocycles. The number of nitro groups is 1. The minimum absolute atomic E-state index is 0.00306. The maximum Gasteiger partial charge on any atom is 0.313 e. The zero-order valence-electron chi connectivity index (χ0n) is 20.5. The molecule has 0 atom stereocenters. The van der Waals surface area contributed by atoms with Gasteiger partial charge in [0.05, 0.1) is 27.7 Å². The van der Waals surface area contributed by atoms with E-state index in [4.69, 9.17) is 16.3 Å². The van der Waals surface area contributed by atoms with Crippen LogP contribution in [0.4, 0.5) is 15.8 Å². The predicted octanol–water partition coefficient (Wildman–Crippen LogP) is 5.88. The standard InChI is InChI=1S/C26H20BrClFN5O5/c1-14(2)25-32-20-8-7-16(27)10-18(20)26(36)33(25)30-12-15-9-17(28)11-22(34(37)38)24(15)39-13-23(35)31-21-6-4-3-5-19(21)29/h3-12,14H,13H2,1-2H3,(H,31,35). The van der Waals surface area contributed by atoms with Crippen molar-refractivity contribution in [3.05, 3.63) is 102 Å². The van der Waals surface area contributed by atoms with Crippen LogP contribution < -0.4 is 15.6 Å². The van der Waals surface area contributed by atoms with Crippen molar-refractivity contribution in [1.29, 1.82) is 0 Å². The fraction of sp³-hybridized carbons (Fsp3) is 0.154. The van der Waals surface area contributed by atoms with Crippen molar-refractivity contribution in [3.8, 4) is 5.75 Å². The molecule has 1 aromatic heterocycles. The molecule has 1 heterocycles. The number of rotatable bonds is 8. The third-order valence-corrected chi connectivity index (χ3v) is 6.13. The van der Waals surface area contributed by atoms with Crippen molar-refractivity contribution in [1.82, 2.24) is 9.66 Å². The molecular formula is C26H20BrClFN5O5. The zero-order valence-corrected chi connectivity index (χ0v) is 22.9. The molecule has 0 unspecified atom stereocenters. The summed E-state index contributed by atoms with van der Waals surface area (Å²) >= 11 is 9.46. The number of hydrogen-bond acceptors (Lipinski definition) is 7. The molecule has 0 aliphatic rings. The quantitative estimate of drug-likeness (QED) is 0.150. The highest BCUT2D eigenvalue weighted by molar-refractivity contribution is 9.10. The summed E-state index contributed by atoms with van der Waals surface area (Å²) in [5.74, 6) is -1.57. The van der Waals surface area contributed by atoms with Crippen LogP contribution in [-0.2, 0) is 4.79 Å². The van der Waals surface area contributed by atoms with Gasteiger partial charge in [0.15, 0.2) is 6.61 Å². The number of carbonyl (C=O) groups excluding carboxylic acids is 1. The van der Waals surface area contributed by atoms with E-state index in [-0.39, 0.29) is 27.9 Å². The number of hydrogen-bond donors (Lipinski definition) is 1. The first-order chi connectivity index (χ1) is 18.5. The fourth-order valence-electron chi connectivity index (χ4n) is 3.65. The third-order valence-electron chi connectivity index (χ3n) is 5.42. The van der Waals surface area contributed by atoms with Gasteiger partial charge in [-0.1, -0.05) is 53.5 Å². The maximum absolute atomic E-state index is 13.9. The van der Waals surface area contributed by atoms with E-state index in [1.807, 2.05) is 13.8 Å². The number of carbonyl (C=O) groups is 1. The van der Waals surface area contributed by atoms with E-state index in [2.05, 4.69) is 31.3 Å². The Kier molecular flexibility index (Phi) is 8.36. The number of nitro benzene ring substituents is 1. The first-order valence-corrected chi connectivity index (χ1v) is 12.6. The molecule has 1 N–H and O–H groups in total. The lowest BCUT2D eigenvalue weighted by Gasteiger charge is -2.13. The molecule has 200 valence electrons. The van der Waals surface area contributed by atoms with Gasteiger partial charge in [0.25, 0.3) is 11.5 Å². The van der Waals surface area contributed by atoms with Gasteiger partial charge in [-0.25, -0.2) is 9.37 Å². The summed E-state index contributed by atoms with van der Waals surface area (Å²) in [6, 6.07) is 13.0. The van der Waals surface area contributed by atoms with Gasteiger partial charge in [0.2, 0.25) is 5.75 Å². The number of amides is 1. The fourth-order valence-corrected chi connectivity index (χ4v) is 4.23. The Morgan fingerprint density at radius 1 is 1.28 bits per heavy atom. The third kappa shape index (κ3) is 6.29. The normalized spacial score (nSPS) is 11.3. The highest BCUT2D eigenvalue weighted by atomic mass is 79.9. The Balaban J connectivity index is 1.74. The number of halogens is 3. The van der Waals surface area contributed by atoms with E-state index >= 15 is 0 Å². The van der Waals surface area contributed by atoms with Crippen LogP contribution >= 0.6 is 27.5 Å². The Bertz CT molecular complexity index is 1690. The highest BCUT2D eigenvalue weighted by Crippen LogP contribution is 2.34. The van der Waals surface area contributed by atoms with Crippen molar-refractivity contribution in [2.45, 2.75) is 19.8 Å². The number of nitrogens with zero attached hydrogens (tertiary/aromatic N) is 4. The van der Waals surface area contributed by atoms with Crippen LogP contribution in [-0.4, -0.2) is 33.3 Å². The largest absolute Gasteiger partial charge is 0.476 e. The molecule has 0 fully saturated rings. The Morgan fingerprint density at radius 2 is 2.03 bits per heavy atom. The number of para-hydroxylation sites is 1. The lowest BCUT2D eigenvalue weighted by Crippen LogP contribution is -2.23. The Labute approximate surface area is 234 Å². The lowest BCUT2D eigenvalue weighted by molar-refractivity contribution is -0.385. The van der Waals surface area contributed by atoms with Crippen LogP contribution in [0.2, 0.25) is 5.02 Å². The number of nitrogens with one attached hydrogen (secondary N) is 1. The van der Waals surface area contributed by atoms with Crippen molar-refractivity contribution in [3.63, 3.8) is 0 Å². The van der Waals surface area contributed by atoms with Crippen LogP contribution in [0.15, 0.2) is 69.0 Å². The highest BCUT2D eigenvalue weighted by Gasteiger charge is 2.22. The smallest absolute Gasteiger partial charge is 0.313 e. The van der Waals surface area contributed by atoms with Gasteiger partial charge in [-0.2, -0.15) is 9.78 Å². The summed E-state index contributed by atoms with van der Waals surface area (Å²) in [6.45, 7) is 3.00. The average molecular weight is 617 g/mol. The molecule has 13 heteroatoms. The van der Waals surface area contributed by atoms with Crippen molar-refractivity contribution in [2.75, 3.05) is 11.9 Å². The maximum atomic E-state index is 13.9. The van der Waals surface area contributed by atoms with Gasteiger partial charge in [0.1, 0.15) is 11.6 Å². The van der Waals surface area contributed by atoms with Crippen LogP contribution in [0.3, 0.4) is 0 Å². The molecule has 0 saturated carbocycles. The summed E-state index contributed by atoms with van der Waals surface area (Å²) in [4.78, 5) is 41.3. The summed E-state index contributed by atoms with van der Waals surface area (Å²) in [5.41, 5.74) is -0.538. The van der Waals surface area contributed by atoms with E-state index in [0.717, 1.165) is 10.7 Å². The van der Waals surface area contributed by atoms with Crippen LogP contribution in [0.25, 0.3) is 10.9 Å². The molecule has 10 nitrogen and oxygen atoms in total. The molecule has 1 amide bonds. The molecule has 0 radical (unpaired) electrons. The van der Waals surface area contributed by atoms with E-state index in [9.17, 15) is 24.1 Å². The van der Waals surface area contributed by atoms with E-state index in [0.29, 0.717) is 21.2 Å². The minimum Gasteiger partial charge on any atom is -0.476 e. The van der Waals surface area contributed by atoms with Gasteiger partial charge in [-0.05, 0) is 36.4 Å². The van der Waals surface area contributed by atoms with Gasteiger partial charge >= 0.3 is 5.69 Å². The second kappa shape index (κ2) is 11.7. The molecule has 39 heavy (non-hydrogen) atoms. The first-order valence-electron chi connectivity index (χ1n) is 11.5. The van der Waals surface area contributed by atoms with Crippen molar-refractivity contribution >= 4 is 61.9 Å². The predicted molar refractivity (Wildman–Crippen MR) is 149 cm³/mol. The van der Waals surface area contributed by atoms with Gasteiger partial charge < -0.3 is 10.1 Å². The molecule has 0 saturated heterocycles. The second-order valence-corrected chi connectivity index (χ2v) is 9.92. The number of aromatic nitrogens is 2. The molecule has 0 bridgehead atoms. The Hall–Kier alpha value is -4.16. The number of fused-ring (bicyclic) bond motifs is 1. The van der Waals surface area contributed by atoms with Crippen molar-refractivity contribution in [2.24, 2.45) is 5.10 Å². The van der Waals surface area contributed by atoms with Crippen LogP contribution in [0, 0.1) is 15.9 Å². The second-order valence-electron chi connectivity index (χ2n) is 8.56. The van der Waals surface area contributed by atoms with Crippen LogP contribution in [0.5, 0.6) is 5.75 Å². The molecule has 4 rings (SSSR count). The summed E-state index contributed by atoms with van der Waals surface area (Å²) in [5, 5.41) is 18.7. The molecule has 4 aromatic rings. The SMILES string of the molecule is CC(C)c1nc2ccc(Br)cc2c(=O)n1N=Cc1cc(Cl)cc([N+](=O)[O-])c1OCC(=O)Nc1ccccc1F. The van der Waals surface area contributed by atoms with E-state index in [1.165, 1.54) is 36.5 Å². The summed E-state index contributed by atoms with van der Waals surface area (Å²) in [6.07, 6.45) is 1.17. The van der Waals surface area contributed by atoms with E-state index in [1.54, 1.807) is 18.2 Å². The monoisotopic (exact) mass is 615 g/mol. The summed E-state index contributed by atoms with van der Waals surface area (Å²) < 4.78 is 21.2. The minimum atomic E-state index is -0.755. The summed E-state index contributed by atoms with van der Waals surface area (Å²) in [7, 11) is 0. The van der Waals surface area contributed by atoms with Crippen molar-refractivity contribution < 1.29 is 18.8 Å². The van der Waals surface area contributed by atoms with Crippen LogP contribution in [0.1, 0.15) is 31.2 Å².